The minimum absolute atomic E-state index is 0.503. The fourth-order valence-corrected chi connectivity index (χ4v) is 2.00. The van der Waals surface area contributed by atoms with Gasteiger partial charge in [-0.3, -0.25) is 0 Å². The molecule has 1 aromatic carbocycles. The van der Waals surface area contributed by atoms with Crippen LogP contribution in [0.2, 0.25) is 0 Å². The zero-order chi connectivity index (χ0) is 10.1. The smallest absolute Gasteiger partial charge is 0.0296 e. The van der Waals surface area contributed by atoms with E-state index in [1.165, 1.54) is 29.5 Å². The first-order valence-corrected chi connectivity index (χ1v) is 5.50. The van der Waals surface area contributed by atoms with Crippen LogP contribution in [0.15, 0.2) is 18.2 Å². The molecule has 1 aliphatic carbocycles. The fourth-order valence-electron chi connectivity index (χ4n) is 2.00. The van der Waals surface area contributed by atoms with E-state index in [0.717, 1.165) is 6.04 Å². The van der Waals surface area contributed by atoms with Gasteiger partial charge in [-0.2, -0.15) is 0 Å². The van der Waals surface area contributed by atoms with E-state index < -0.39 is 0 Å². The number of hydrogen-bond acceptors (Lipinski definition) is 1. The molecular weight excluding hydrogens is 170 g/mol. The third kappa shape index (κ3) is 2.16. The second kappa shape index (κ2) is 3.74. The molecule has 1 aromatic rings. The van der Waals surface area contributed by atoms with E-state index in [-0.39, 0.29) is 0 Å². The molecule has 0 aliphatic heterocycles. The number of benzene rings is 1. The van der Waals surface area contributed by atoms with Crippen LogP contribution in [0.25, 0.3) is 0 Å². The first kappa shape index (κ1) is 9.72. The van der Waals surface area contributed by atoms with Crippen molar-refractivity contribution in [3.63, 3.8) is 0 Å². The Hall–Kier alpha value is -0.820. The highest BCUT2D eigenvalue weighted by molar-refractivity contribution is 5.32. The standard InChI is InChI=1S/C13H19N/c1-9-4-7-13(10(2)8-9)11(3)14-12-5-6-12/h4,7-8,11-12,14H,5-6H2,1-3H3/t11-/m0/s1. The summed E-state index contributed by atoms with van der Waals surface area (Å²) in [5.74, 6) is 0. The lowest BCUT2D eigenvalue weighted by Crippen LogP contribution is -2.21. The van der Waals surface area contributed by atoms with Gasteiger partial charge in [0.2, 0.25) is 0 Å². The molecule has 1 fully saturated rings. The topological polar surface area (TPSA) is 12.0 Å². The predicted octanol–water partition coefficient (Wildman–Crippen LogP) is 3.12. The molecule has 1 atom stereocenters. The second-order valence-corrected chi connectivity index (χ2v) is 4.52. The molecule has 0 heterocycles. The van der Waals surface area contributed by atoms with Gasteiger partial charge in [-0.15, -0.1) is 0 Å². The van der Waals surface area contributed by atoms with E-state index >= 15 is 0 Å². The van der Waals surface area contributed by atoms with Crippen molar-refractivity contribution in [1.29, 1.82) is 0 Å². The Labute approximate surface area is 86.5 Å². The van der Waals surface area contributed by atoms with Gasteiger partial charge in [0.25, 0.3) is 0 Å². The molecule has 0 amide bonds. The maximum atomic E-state index is 3.63. The lowest BCUT2D eigenvalue weighted by atomic mass is 10.0. The van der Waals surface area contributed by atoms with Gasteiger partial charge in [0.15, 0.2) is 0 Å². The molecule has 0 saturated heterocycles. The first-order valence-electron chi connectivity index (χ1n) is 5.50. The minimum Gasteiger partial charge on any atom is -0.307 e. The summed E-state index contributed by atoms with van der Waals surface area (Å²) < 4.78 is 0. The zero-order valence-electron chi connectivity index (χ0n) is 9.30. The highest BCUT2D eigenvalue weighted by Crippen LogP contribution is 2.25. The molecule has 0 aromatic heterocycles. The molecule has 0 unspecified atom stereocenters. The molecule has 0 bridgehead atoms. The van der Waals surface area contributed by atoms with Crippen LogP contribution in [0, 0.1) is 13.8 Å². The van der Waals surface area contributed by atoms with E-state index in [4.69, 9.17) is 0 Å². The summed E-state index contributed by atoms with van der Waals surface area (Å²) in [6.07, 6.45) is 2.71. The van der Waals surface area contributed by atoms with E-state index in [1.807, 2.05) is 0 Å². The highest BCUT2D eigenvalue weighted by Gasteiger charge is 2.23. The van der Waals surface area contributed by atoms with Crippen molar-refractivity contribution in [2.45, 2.75) is 45.7 Å². The first-order chi connectivity index (χ1) is 6.66. The Morgan fingerprint density at radius 2 is 2.00 bits per heavy atom. The van der Waals surface area contributed by atoms with Gasteiger partial charge < -0.3 is 5.32 Å². The Morgan fingerprint density at radius 1 is 1.29 bits per heavy atom. The highest BCUT2D eigenvalue weighted by atomic mass is 15.0. The molecular formula is C13H19N. The van der Waals surface area contributed by atoms with Crippen molar-refractivity contribution >= 4 is 0 Å². The fraction of sp³-hybridized carbons (Fsp3) is 0.538. The number of nitrogens with one attached hydrogen (secondary N) is 1. The molecule has 14 heavy (non-hydrogen) atoms. The van der Waals surface area contributed by atoms with Crippen molar-refractivity contribution in [1.82, 2.24) is 5.32 Å². The lowest BCUT2D eigenvalue weighted by Gasteiger charge is -2.16. The molecule has 2 rings (SSSR count). The average Bonchev–Trinajstić information content (AvgIpc) is 2.87. The van der Waals surface area contributed by atoms with Gasteiger partial charge in [0, 0.05) is 12.1 Å². The van der Waals surface area contributed by atoms with Crippen LogP contribution < -0.4 is 5.32 Å². The van der Waals surface area contributed by atoms with Gasteiger partial charge in [-0.05, 0) is 44.7 Å². The third-order valence-electron chi connectivity index (χ3n) is 2.95. The summed E-state index contributed by atoms with van der Waals surface area (Å²) in [5, 5.41) is 3.63. The predicted molar refractivity (Wildman–Crippen MR) is 60.5 cm³/mol. The van der Waals surface area contributed by atoms with Gasteiger partial charge in [0.05, 0.1) is 0 Å². The minimum atomic E-state index is 0.503. The van der Waals surface area contributed by atoms with E-state index in [2.05, 4.69) is 44.3 Å². The quantitative estimate of drug-likeness (QED) is 0.770. The number of rotatable bonds is 3. The molecule has 0 radical (unpaired) electrons. The lowest BCUT2D eigenvalue weighted by molar-refractivity contribution is 0.568. The van der Waals surface area contributed by atoms with E-state index in [9.17, 15) is 0 Å². The van der Waals surface area contributed by atoms with Crippen molar-refractivity contribution in [2.75, 3.05) is 0 Å². The largest absolute Gasteiger partial charge is 0.307 e. The van der Waals surface area contributed by atoms with Crippen LogP contribution in [0.5, 0.6) is 0 Å². The van der Waals surface area contributed by atoms with Crippen LogP contribution in [0.1, 0.15) is 42.5 Å². The third-order valence-corrected chi connectivity index (χ3v) is 2.95. The maximum absolute atomic E-state index is 3.63. The molecule has 1 saturated carbocycles. The Kier molecular flexibility index (Phi) is 2.60. The molecule has 0 spiro atoms. The summed E-state index contributed by atoms with van der Waals surface area (Å²) in [5.41, 5.74) is 4.21. The van der Waals surface area contributed by atoms with Crippen LogP contribution in [-0.2, 0) is 0 Å². The Balaban J connectivity index is 2.13. The monoisotopic (exact) mass is 189 g/mol. The summed E-state index contributed by atoms with van der Waals surface area (Å²) in [6, 6.07) is 8.01. The van der Waals surface area contributed by atoms with Gasteiger partial charge in [-0.25, -0.2) is 0 Å². The van der Waals surface area contributed by atoms with Crippen LogP contribution in [-0.4, -0.2) is 6.04 Å². The Bertz CT molecular complexity index is 326. The maximum Gasteiger partial charge on any atom is 0.0296 e. The number of aryl methyl sites for hydroxylation is 2. The average molecular weight is 189 g/mol. The molecule has 1 heteroatoms. The van der Waals surface area contributed by atoms with Crippen LogP contribution in [0.4, 0.5) is 0 Å². The molecule has 1 N–H and O–H groups in total. The summed E-state index contributed by atoms with van der Waals surface area (Å²) in [6.45, 7) is 6.61. The van der Waals surface area contributed by atoms with Crippen molar-refractivity contribution in [3.05, 3.63) is 34.9 Å². The van der Waals surface area contributed by atoms with E-state index in [1.54, 1.807) is 0 Å². The van der Waals surface area contributed by atoms with Gasteiger partial charge in [0.1, 0.15) is 0 Å². The Morgan fingerprint density at radius 3 is 2.57 bits per heavy atom. The van der Waals surface area contributed by atoms with Crippen LogP contribution in [0.3, 0.4) is 0 Å². The van der Waals surface area contributed by atoms with Crippen molar-refractivity contribution < 1.29 is 0 Å². The zero-order valence-corrected chi connectivity index (χ0v) is 9.30. The summed E-state index contributed by atoms with van der Waals surface area (Å²) in [7, 11) is 0. The molecule has 1 aliphatic rings. The van der Waals surface area contributed by atoms with E-state index in [0.29, 0.717) is 6.04 Å². The normalized spacial score (nSPS) is 18.2. The summed E-state index contributed by atoms with van der Waals surface area (Å²) >= 11 is 0. The summed E-state index contributed by atoms with van der Waals surface area (Å²) in [4.78, 5) is 0. The number of hydrogen-bond donors (Lipinski definition) is 1. The van der Waals surface area contributed by atoms with Gasteiger partial charge >= 0.3 is 0 Å². The van der Waals surface area contributed by atoms with Crippen molar-refractivity contribution in [2.24, 2.45) is 0 Å². The van der Waals surface area contributed by atoms with Crippen molar-refractivity contribution in [3.8, 4) is 0 Å². The molecule has 1 nitrogen and oxygen atoms in total. The van der Waals surface area contributed by atoms with Crippen LogP contribution >= 0.6 is 0 Å². The molecule has 76 valence electrons. The SMILES string of the molecule is Cc1ccc([C@H](C)NC2CC2)c(C)c1. The van der Waals surface area contributed by atoms with Gasteiger partial charge in [-0.1, -0.05) is 23.8 Å². The second-order valence-electron chi connectivity index (χ2n) is 4.52.